The second kappa shape index (κ2) is 14.1. The summed E-state index contributed by atoms with van der Waals surface area (Å²) in [6.45, 7) is 8.24. The Kier molecular flexibility index (Phi) is 8.94. The molecule has 48 heavy (non-hydrogen) atoms. The lowest BCUT2D eigenvalue weighted by Gasteiger charge is -2.32. The molecule has 4 nitrogen and oxygen atoms in total. The smallest absolute Gasteiger partial charge is 0.0548 e. The molecule has 0 spiro atoms. The number of pyridine rings is 1. The number of rotatable bonds is 6. The zero-order valence-corrected chi connectivity index (χ0v) is 27.5. The van der Waals surface area contributed by atoms with E-state index in [1.54, 1.807) is 0 Å². The van der Waals surface area contributed by atoms with Gasteiger partial charge in [-0.2, -0.15) is 0 Å². The average molecular weight is 627 g/mol. The predicted molar refractivity (Wildman–Crippen MR) is 200 cm³/mol. The molecule has 0 N–H and O–H groups in total. The van der Waals surface area contributed by atoms with Gasteiger partial charge in [-0.25, -0.2) is 0 Å². The van der Waals surface area contributed by atoms with Crippen LogP contribution in [0.2, 0.25) is 0 Å². The van der Waals surface area contributed by atoms with E-state index in [-0.39, 0.29) is 0 Å². The zero-order valence-electron chi connectivity index (χ0n) is 27.5. The van der Waals surface area contributed by atoms with Crippen molar-refractivity contribution in [3.8, 4) is 0 Å². The van der Waals surface area contributed by atoms with Crippen molar-refractivity contribution in [2.45, 2.75) is 32.7 Å². The Hall–Kier alpha value is -4.87. The van der Waals surface area contributed by atoms with Crippen LogP contribution in [-0.2, 0) is 32.7 Å². The van der Waals surface area contributed by atoms with E-state index in [0.717, 1.165) is 70.3 Å². The first-order valence-corrected chi connectivity index (χ1v) is 17.3. The van der Waals surface area contributed by atoms with E-state index in [1.165, 1.54) is 49.0 Å². The molecule has 0 unspecified atom stereocenters. The quantitative estimate of drug-likeness (QED) is 0.184. The topological polar surface area (TPSA) is 22.6 Å². The van der Waals surface area contributed by atoms with Gasteiger partial charge in [0.05, 0.1) is 11.4 Å². The molecule has 0 saturated carbocycles. The fraction of sp³-hybridized carbons (Fsp3) is 0.205. The highest BCUT2D eigenvalue weighted by molar-refractivity contribution is 5.87. The minimum atomic E-state index is 0.822. The summed E-state index contributed by atoms with van der Waals surface area (Å²) >= 11 is 0. The van der Waals surface area contributed by atoms with Gasteiger partial charge >= 0.3 is 0 Å². The first-order valence-electron chi connectivity index (χ1n) is 17.3. The van der Waals surface area contributed by atoms with E-state index in [9.17, 15) is 0 Å². The molecular formula is C44H42N4. The second-order valence-corrected chi connectivity index (χ2v) is 13.2. The molecule has 7 aromatic rings. The van der Waals surface area contributed by atoms with E-state index in [4.69, 9.17) is 4.98 Å². The van der Waals surface area contributed by atoms with Gasteiger partial charge in [0.1, 0.15) is 0 Å². The van der Waals surface area contributed by atoms with Gasteiger partial charge in [0.15, 0.2) is 0 Å². The summed E-state index contributed by atoms with van der Waals surface area (Å²) in [6, 6.07) is 53.1. The summed E-state index contributed by atoms with van der Waals surface area (Å²) in [5, 5.41) is 7.94. The Morgan fingerprint density at radius 1 is 0.354 bits per heavy atom. The molecule has 1 aliphatic rings. The standard InChI is InChI=1S/C44H42N4/c1-4-22-42-34(11-1)14-7-17-37(42)29-46-25-27-47(30-38-18-8-15-35-12-2-5-23-43(35)38)32-40-20-10-21-41(45-40)33-48(28-26-46)31-39-19-9-16-36-13-3-6-24-44(36)39/h1-24H,25-33H2. The van der Waals surface area contributed by atoms with E-state index in [0.29, 0.717) is 0 Å². The highest BCUT2D eigenvalue weighted by Gasteiger charge is 2.18. The van der Waals surface area contributed by atoms with E-state index < -0.39 is 0 Å². The summed E-state index contributed by atoms with van der Waals surface area (Å²) in [4.78, 5) is 13.1. The van der Waals surface area contributed by atoms with Crippen molar-refractivity contribution in [2.24, 2.45) is 0 Å². The van der Waals surface area contributed by atoms with Crippen molar-refractivity contribution in [1.82, 2.24) is 19.7 Å². The molecule has 0 atom stereocenters. The lowest BCUT2D eigenvalue weighted by atomic mass is 10.0. The van der Waals surface area contributed by atoms with Crippen LogP contribution in [0.25, 0.3) is 32.3 Å². The fourth-order valence-corrected chi connectivity index (χ4v) is 7.44. The van der Waals surface area contributed by atoms with E-state index in [1.807, 2.05) is 0 Å². The Bertz CT molecular complexity index is 2050. The molecule has 6 aromatic carbocycles. The van der Waals surface area contributed by atoms with Crippen molar-refractivity contribution in [3.05, 3.63) is 174 Å². The highest BCUT2D eigenvalue weighted by Crippen LogP contribution is 2.24. The number of nitrogens with zero attached hydrogens (tertiary/aromatic N) is 4. The van der Waals surface area contributed by atoms with Crippen LogP contribution >= 0.6 is 0 Å². The molecule has 2 heterocycles. The number of aromatic nitrogens is 1. The third kappa shape index (κ3) is 6.88. The number of hydrogen-bond donors (Lipinski definition) is 0. The Morgan fingerprint density at radius 2 is 0.688 bits per heavy atom. The molecule has 0 amide bonds. The minimum Gasteiger partial charge on any atom is -0.297 e. The summed E-state index contributed by atoms with van der Waals surface area (Å²) in [5.41, 5.74) is 6.42. The van der Waals surface area contributed by atoms with Gasteiger partial charge in [0, 0.05) is 58.9 Å². The number of benzene rings is 6. The first-order chi connectivity index (χ1) is 23.7. The van der Waals surface area contributed by atoms with Crippen LogP contribution in [-0.4, -0.2) is 45.9 Å². The van der Waals surface area contributed by atoms with Crippen LogP contribution in [0.3, 0.4) is 0 Å². The average Bonchev–Trinajstić information content (AvgIpc) is 3.13. The minimum absolute atomic E-state index is 0.822. The monoisotopic (exact) mass is 626 g/mol. The van der Waals surface area contributed by atoms with Crippen LogP contribution in [0, 0.1) is 0 Å². The molecule has 1 aliphatic heterocycles. The van der Waals surface area contributed by atoms with Gasteiger partial charge in [-0.15, -0.1) is 0 Å². The Labute approximate surface area is 283 Å². The van der Waals surface area contributed by atoms with Crippen molar-refractivity contribution >= 4 is 32.3 Å². The van der Waals surface area contributed by atoms with Crippen molar-refractivity contribution in [2.75, 3.05) is 26.2 Å². The maximum atomic E-state index is 5.24. The third-order valence-corrected chi connectivity index (χ3v) is 9.92. The molecule has 2 bridgehead atoms. The van der Waals surface area contributed by atoms with Crippen LogP contribution in [0.4, 0.5) is 0 Å². The molecule has 238 valence electrons. The van der Waals surface area contributed by atoms with Crippen molar-refractivity contribution < 1.29 is 0 Å². The van der Waals surface area contributed by atoms with Crippen LogP contribution < -0.4 is 0 Å². The third-order valence-electron chi connectivity index (χ3n) is 9.92. The molecule has 1 aromatic heterocycles. The molecule has 4 heteroatoms. The van der Waals surface area contributed by atoms with Gasteiger partial charge in [0.2, 0.25) is 0 Å². The molecular weight excluding hydrogens is 585 g/mol. The SMILES string of the molecule is c1cc2nc(c1)CN(Cc1cccc3ccccc13)CCN(Cc1cccc3ccccc13)CCN(Cc1cccc3ccccc13)C2. The Balaban J connectivity index is 1.13. The number of hydrogen-bond acceptors (Lipinski definition) is 4. The van der Waals surface area contributed by atoms with Gasteiger partial charge in [-0.05, 0) is 61.1 Å². The molecule has 8 rings (SSSR count). The zero-order chi connectivity index (χ0) is 32.1. The molecule has 0 fully saturated rings. The maximum Gasteiger partial charge on any atom is 0.0548 e. The molecule has 0 radical (unpaired) electrons. The second-order valence-electron chi connectivity index (χ2n) is 13.2. The van der Waals surface area contributed by atoms with Crippen molar-refractivity contribution in [1.29, 1.82) is 0 Å². The Morgan fingerprint density at radius 3 is 1.12 bits per heavy atom. The molecule has 0 saturated heterocycles. The summed E-state index contributed by atoms with van der Waals surface area (Å²) in [5.74, 6) is 0. The normalized spacial score (nSPS) is 15.4. The van der Waals surface area contributed by atoms with E-state index >= 15 is 0 Å². The summed E-state index contributed by atoms with van der Waals surface area (Å²) < 4.78 is 0. The first kappa shape index (κ1) is 30.5. The maximum absolute atomic E-state index is 5.24. The summed E-state index contributed by atoms with van der Waals surface area (Å²) in [7, 11) is 0. The lowest BCUT2D eigenvalue weighted by molar-refractivity contribution is 0.155. The highest BCUT2D eigenvalue weighted by atomic mass is 15.2. The van der Waals surface area contributed by atoms with E-state index in [2.05, 4.69) is 160 Å². The lowest BCUT2D eigenvalue weighted by Crippen LogP contribution is -2.40. The summed E-state index contributed by atoms with van der Waals surface area (Å²) in [6.07, 6.45) is 0. The molecule has 0 aliphatic carbocycles. The van der Waals surface area contributed by atoms with Crippen LogP contribution in [0.1, 0.15) is 28.1 Å². The van der Waals surface area contributed by atoms with Gasteiger partial charge in [-0.3, -0.25) is 19.7 Å². The fourth-order valence-electron chi connectivity index (χ4n) is 7.44. The predicted octanol–water partition coefficient (Wildman–Crippen LogP) is 9.06. The number of fused-ring (bicyclic) bond motifs is 5. The van der Waals surface area contributed by atoms with Crippen LogP contribution in [0.5, 0.6) is 0 Å². The van der Waals surface area contributed by atoms with Crippen LogP contribution in [0.15, 0.2) is 146 Å². The van der Waals surface area contributed by atoms with Gasteiger partial charge in [-0.1, -0.05) is 133 Å². The van der Waals surface area contributed by atoms with Gasteiger partial charge < -0.3 is 0 Å². The van der Waals surface area contributed by atoms with Crippen molar-refractivity contribution in [3.63, 3.8) is 0 Å². The van der Waals surface area contributed by atoms with Gasteiger partial charge in [0.25, 0.3) is 0 Å². The largest absolute Gasteiger partial charge is 0.297 e.